The van der Waals surface area contributed by atoms with E-state index in [0.29, 0.717) is 22.4 Å². The molecule has 8 heteroatoms. The molecule has 0 aliphatic rings. The van der Waals surface area contributed by atoms with Crippen LogP contribution >= 0.6 is 0 Å². The highest BCUT2D eigenvalue weighted by molar-refractivity contribution is 7.89. The standard InChI is InChI=1S/C21H25N3O4S/c1-12-13(2)15(4)20(16(5)14(12)3)29(26,27)24-23-21(25)17(6)28-19-9-7-18(11-22)8-10-19/h7-10,17,24H,1-6H3,(H,23,25)/t17-/m1/s1. The van der Waals surface area contributed by atoms with E-state index in [-0.39, 0.29) is 4.90 Å². The topological polar surface area (TPSA) is 108 Å². The molecular formula is C21H25N3O4S. The SMILES string of the molecule is Cc1c(C)c(C)c(S(=O)(=O)NNC(=O)[C@@H](C)Oc2ccc(C#N)cc2)c(C)c1C. The molecule has 2 aromatic rings. The number of amides is 1. The third-order valence-electron chi connectivity index (χ3n) is 5.17. The van der Waals surface area contributed by atoms with Gasteiger partial charge in [0, 0.05) is 0 Å². The van der Waals surface area contributed by atoms with Crippen molar-refractivity contribution in [2.24, 2.45) is 0 Å². The van der Waals surface area contributed by atoms with Crippen LogP contribution in [0.15, 0.2) is 29.2 Å². The lowest BCUT2D eigenvalue weighted by Gasteiger charge is -2.20. The van der Waals surface area contributed by atoms with Crippen molar-refractivity contribution in [1.82, 2.24) is 10.3 Å². The molecule has 0 saturated heterocycles. The van der Waals surface area contributed by atoms with E-state index in [2.05, 4.69) is 10.3 Å². The summed E-state index contributed by atoms with van der Waals surface area (Å²) in [5.41, 5.74) is 6.83. The van der Waals surface area contributed by atoms with E-state index >= 15 is 0 Å². The van der Waals surface area contributed by atoms with Gasteiger partial charge in [-0.15, -0.1) is 4.83 Å². The first-order valence-corrected chi connectivity index (χ1v) is 10.5. The highest BCUT2D eigenvalue weighted by Gasteiger charge is 2.25. The smallest absolute Gasteiger partial charge is 0.275 e. The van der Waals surface area contributed by atoms with Gasteiger partial charge in [0.25, 0.3) is 15.9 Å². The summed E-state index contributed by atoms with van der Waals surface area (Å²) in [4.78, 5) is 14.6. The van der Waals surface area contributed by atoms with E-state index in [1.807, 2.05) is 26.8 Å². The summed E-state index contributed by atoms with van der Waals surface area (Å²) < 4.78 is 31.2. The average Bonchev–Trinajstić information content (AvgIpc) is 2.69. The van der Waals surface area contributed by atoms with Crippen LogP contribution in [0.2, 0.25) is 0 Å². The largest absolute Gasteiger partial charge is 0.481 e. The number of nitrogens with zero attached hydrogens (tertiary/aromatic N) is 1. The Hall–Kier alpha value is -2.89. The summed E-state index contributed by atoms with van der Waals surface area (Å²) in [6, 6.07) is 8.26. The Bertz CT molecular complexity index is 1060. The normalized spacial score (nSPS) is 12.2. The second-order valence-corrected chi connectivity index (χ2v) is 8.56. The Morgan fingerprint density at radius 3 is 1.93 bits per heavy atom. The molecule has 0 aliphatic carbocycles. The lowest BCUT2D eigenvalue weighted by atomic mass is 9.95. The molecule has 2 rings (SSSR count). The van der Waals surface area contributed by atoms with E-state index in [9.17, 15) is 13.2 Å². The first-order chi connectivity index (χ1) is 13.5. The number of rotatable bonds is 6. The van der Waals surface area contributed by atoms with Crippen molar-refractivity contribution in [2.45, 2.75) is 52.5 Å². The molecule has 0 fully saturated rings. The number of hydrazine groups is 1. The van der Waals surface area contributed by atoms with Crippen LogP contribution in [-0.2, 0) is 14.8 Å². The highest BCUT2D eigenvalue weighted by Crippen LogP contribution is 2.29. The number of nitriles is 1. The van der Waals surface area contributed by atoms with Crippen molar-refractivity contribution < 1.29 is 17.9 Å². The minimum absolute atomic E-state index is 0.166. The van der Waals surface area contributed by atoms with Crippen molar-refractivity contribution in [3.8, 4) is 11.8 Å². The number of nitrogens with one attached hydrogen (secondary N) is 2. The molecule has 0 unspecified atom stereocenters. The fourth-order valence-corrected chi connectivity index (χ4v) is 4.45. The van der Waals surface area contributed by atoms with Crippen molar-refractivity contribution in [3.05, 3.63) is 57.6 Å². The monoisotopic (exact) mass is 415 g/mol. The summed E-state index contributed by atoms with van der Waals surface area (Å²) in [7, 11) is -3.97. The number of carbonyl (C=O) groups is 1. The van der Waals surface area contributed by atoms with Crippen LogP contribution in [-0.4, -0.2) is 20.4 Å². The first kappa shape index (κ1) is 22.4. The van der Waals surface area contributed by atoms with Crippen LogP contribution in [0.5, 0.6) is 5.75 Å². The van der Waals surface area contributed by atoms with E-state index in [1.54, 1.807) is 38.1 Å². The van der Waals surface area contributed by atoms with Crippen LogP contribution < -0.4 is 15.0 Å². The fourth-order valence-electron chi connectivity index (χ4n) is 3.00. The number of sulfonamides is 1. The van der Waals surface area contributed by atoms with Gasteiger partial charge in [0.1, 0.15) is 5.75 Å². The Labute approximate surface area is 171 Å². The lowest BCUT2D eigenvalue weighted by Crippen LogP contribution is -2.47. The van der Waals surface area contributed by atoms with Gasteiger partial charge in [0.15, 0.2) is 6.10 Å². The molecule has 154 valence electrons. The molecular weight excluding hydrogens is 390 g/mol. The van der Waals surface area contributed by atoms with Crippen LogP contribution in [0.25, 0.3) is 0 Å². The molecule has 29 heavy (non-hydrogen) atoms. The van der Waals surface area contributed by atoms with E-state index in [0.717, 1.165) is 16.7 Å². The van der Waals surface area contributed by atoms with Gasteiger partial charge in [-0.3, -0.25) is 10.2 Å². The fraction of sp³-hybridized carbons (Fsp3) is 0.333. The number of ether oxygens (including phenoxy) is 1. The third-order valence-corrected chi connectivity index (χ3v) is 6.69. The molecule has 0 aromatic heterocycles. The van der Waals surface area contributed by atoms with Crippen LogP contribution in [0.3, 0.4) is 0 Å². The molecule has 0 bridgehead atoms. The lowest BCUT2D eigenvalue weighted by molar-refractivity contribution is -0.127. The van der Waals surface area contributed by atoms with Crippen LogP contribution in [0.1, 0.15) is 40.3 Å². The number of carbonyl (C=O) groups excluding carboxylic acids is 1. The van der Waals surface area contributed by atoms with Crippen molar-refractivity contribution >= 4 is 15.9 Å². The predicted octanol–water partition coefficient (Wildman–Crippen LogP) is 2.88. The molecule has 0 saturated carbocycles. The van der Waals surface area contributed by atoms with Gasteiger partial charge >= 0.3 is 0 Å². The maximum absolute atomic E-state index is 12.8. The Balaban J connectivity index is 2.14. The average molecular weight is 416 g/mol. The maximum atomic E-state index is 12.8. The van der Waals surface area contributed by atoms with Gasteiger partial charge in [-0.25, -0.2) is 8.42 Å². The first-order valence-electron chi connectivity index (χ1n) is 9.05. The number of benzene rings is 2. The number of hydrogen-bond donors (Lipinski definition) is 2. The summed E-state index contributed by atoms with van der Waals surface area (Å²) in [5, 5.41) is 8.81. The van der Waals surface area contributed by atoms with Gasteiger partial charge in [-0.2, -0.15) is 5.26 Å². The van der Waals surface area contributed by atoms with Gasteiger partial charge in [0.05, 0.1) is 16.5 Å². The van der Waals surface area contributed by atoms with E-state index < -0.39 is 22.0 Å². The molecule has 2 aromatic carbocycles. The zero-order valence-corrected chi connectivity index (χ0v) is 18.2. The third kappa shape index (κ3) is 4.75. The summed E-state index contributed by atoms with van der Waals surface area (Å²) in [6.07, 6.45) is -0.950. The van der Waals surface area contributed by atoms with Crippen LogP contribution in [0, 0.1) is 45.9 Å². The Kier molecular flexibility index (Phi) is 6.67. The minimum Gasteiger partial charge on any atom is -0.481 e. The highest BCUT2D eigenvalue weighted by atomic mass is 32.2. The zero-order valence-electron chi connectivity index (χ0n) is 17.4. The van der Waals surface area contributed by atoms with Crippen molar-refractivity contribution in [3.63, 3.8) is 0 Å². The minimum atomic E-state index is -3.97. The van der Waals surface area contributed by atoms with Crippen molar-refractivity contribution in [1.29, 1.82) is 5.26 Å². The van der Waals surface area contributed by atoms with Gasteiger partial charge in [-0.05, 0) is 93.6 Å². The second kappa shape index (κ2) is 8.64. The molecule has 1 amide bonds. The Morgan fingerprint density at radius 1 is 0.966 bits per heavy atom. The zero-order chi connectivity index (χ0) is 21.9. The predicted molar refractivity (Wildman–Crippen MR) is 110 cm³/mol. The summed E-state index contributed by atoms with van der Waals surface area (Å²) in [6.45, 7) is 10.7. The summed E-state index contributed by atoms with van der Waals surface area (Å²) >= 11 is 0. The quantitative estimate of drug-likeness (QED) is 0.705. The molecule has 0 aliphatic heterocycles. The molecule has 1 atom stereocenters. The summed E-state index contributed by atoms with van der Waals surface area (Å²) in [5.74, 6) is -0.250. The second-order valence-electron chi connectivity index (χ2n) is 6.95. The van der Waals surface area contributed by atoms with E-state index in [1.165, 1.54) is 6.92 Å². The molecule has 0 spiro atoms. The molecule has 0 heterocycles. The van der Waals surface area contributed by atoms with Crippen molar-refractivity contribution in [2.75, 3.05) is 0 Å². The van der Waals surface area contributed by atoms with Gasteiger partial charge in [-0.1, -0.05) is 0 Å². The maximum Gasteiger partial charge on any atom is 0.275 e. The van der Waals surface area contributed by atoms with E-state index in [4.69, 9.17) is 10.00 Å². The molecule has 2 N–H and O–H groups in total. The van der Waals surface area contributed by atoms with Gasteiger partial charge < -0.3 is 4.74 Å². The molecule has 0 radical (unpaired) electrons. The van der Waals surface area contributed by atoms with Gasteiger partial charge in [0.2, 0.25) is 0 Å². The number of hydrogen-bond acceptors (Lipinski definition) is 5. The van der Waals surface area contributed by atoms with Crippen LogP contribution in [0.4, 0.5) is 0 Å². The Morgan fingerprint density at radius 2 is 1.45 bits per heavy atom. The molecule has 7 nitrogen and oxygen atoms in total.